The number of carbonyl (C=O) groups excluding carboxylic acids is 3. The van der Waals surface area contributed by atoms with Gasteiger partial charge in [-0.1, -0.05) is 12.1 Å². The first-order valence-corrected chi connectivity index (χ1v) is 8.63. The van der Waals surface area contributed by atoms with Gasteiger partial charge in [0.25, 0.3) is 5.91 Å². The molecule has 8 nitrogen and oxygen atoms in total. The fourth-order valence-corrected chi connectivity index (χ4v) is 2.79. The van der Waals surface area contributed by atoms with E-state index in [0.717, 1.165) is 0 Å². The van der Waals surface area contributed by atoms with Crippen LogP contribution < -0.4 is 15.4 Å². The molecule has 2 aromatic rings. The van der Waals surface area contributed by atoms with Crippen LogP contribution in [0.2, 0.25) is 0 Å². The van der Waals surface area contributed by atoms with Crippen molar-refractivity contribution in [1.29, 1.82) is 0 Å². The molecule has 26 heavy (non-hydrogen) atoms. The van der Waals surface area contributed by atoms with E-state index >= 15 is 0 Å². The Hall–Kier alpha value is -2.94. The molecule has 0 aliphatic heterocycles. The number of amides is 2. The quantitative estimate of drug-likeness (QED) is 0.677. The van der Waals surface area contributed by atoms with Crippen LogP contribution in [0, 0.1) is 0 Å². The number of hydrogen-bond acceptors (Lipinski definition) is 7. The number of rotatable bonds is 8. The maximum atomic E-state index is 12.1. The molecule has 0 atom stereocenters. The topological polar surface area (TPSA) is 107 Å². The summed E-state index contributed by atoms with van der Waals surface area (Å²) in [4.78, 5) is 39.4. The Labute approximate surface area is 154 Å². The highest BCUT2D eigenvalue weighted by atomic mass is 32.1. The number of ether oxygens (including phenoxy) is 2. The minimum absolute atomic E-state index is 0.0534. The van der Waals surface area contributed by atoms with Gasteiger partial charge in [-0.15, -0.1) is 11.3 Å². The van der Waals surface area contributed by atoms with Crippen LogP contribution in [0.15, 0.2) is 29.6 Å². The van der Waals surface area contributed by atoms with Gasteiger partial charge in [0.05, 0.1) is 31.9 Å². The highest BCUT2D eigenvalue weighted by molar-refractivity contribution is 7.13. The summed E-state index contributed by atoms with van der Waals surface area (Å²) in [6, 6.07) is 6.84. The van der Waals surface area contributed by atoms with Crippen LogP contribution in [0.5, 0.6) is 5.75 Å². The smallest absolute Gasteiger partial charge is 0.311 e. The predicted molar refractivity (Wildman–Crippen MR) is 96.4 cm³/mol. The van der Waals surface area contributed by atoms with E-state index in [1.807, 2.05) is 0 Å². The van der Waals surface area contributed by atoms with Gasteiger partial charge < -0.3 is 20.1 Å². The fraction of sp³-hybridized carbons (Fsp3) is 0.294. The van der Waals surface area contributed by atoms with Gasteiger partial charge in [0.15, 0.2) is 5.13 Å². The largest absolute Gasteiger partial charge is 0.496 e. The van der Waals surface area contributed by atoms with Crippen molar-refractivity contribution < 1.29 is 23.9 Å². The first-order chi connectivity index (χ1) is 12.5. The minimum Gasteiger partial charge on any atom is -0.496 e. The van der Waals surface area contributed by atoms with Crippen molar-refractivity contribution in [2.24, 2.45) is 0 Å². The third-order valence-electron chi connectivity index (χ3n) is 3.34. The summed E-state index contributed by atoms with van der Waals surface area (Å²) in [5.41, 5.74) is 0.935. The Balaban J connectivity index is 1.78. The lowest BCUT2D eigenvalue weighted by molar-refractivity contribution is -0.139. The molecule has 0 spiro atoms. The third-order valence-corrected chi connectivity index (χ3v) is 4.15. The van der Waals surface area contributed by atoms with Crippen molar-refractivity contribution >= 4 is 34.3 Å². The first kappa shape index (κ1) is 19.4. The summed E-state index contributed by atoms with van der Waals surface area (Å²) in [5, 5.41) is 7.37. The maximum absolute atomic E-state index is 12.1. The summed E-state index contributed by atoms with van der Waals surface area (Å²) < 4.78 is 9.69. The molecular formula is C17H19N3O5S. The predicted octanol–water partition coefficient (Wildman–Crippen LogP) is 1.63. The van der Waals surface area contributed by atoms with Gasteiger partial charge in [-0.2, -0.15) is 0 Å². The Morgan fingerprint density at radius 3 is 2.69 bits per heavy atom. The molecule has 1 aromatic carbocycles. The molecule has 0 fully saturated rings. The van der Waals surface area contributed by atoms with Gasteiger partial charge in [0, 0.05) is 18.3 Å². The zero-order chi connectivity index (χ0) is 18.9. The average Bonchev–Trinajstić information content (AvgIpc) is 3.07. The lowest BCUT2D eigenvalue weighted by Gasteiger charge is -2.08. The zero-order valence-corrected chi connectivity index (χ0v) is 15.2. The standard InChI is InChI=1S/C17H19N3O5S/c1-24-13-6-4-3-5-12(13)16(23)18-8-7-14(21)20-17-19-11(10-26-17)9-15(22)25-2/h3-6,10H,7-9H2,1-2H3,(H,18,23)(H,19,20,21). The van der Waals surface area contributed by atoms with E-state index in [0.29, 0.717) is 22.1 Å². The maximum Gasteiger partial charge on any atom is 0.311 e. The third kappa shape index (κ3) is 5.55. The number of thiazole rings is 1. The van der Waals surface area contributed by atoms with Crippen LogP contribution in [0.25, 0.3) is 0 Å². The number of hydrogen-bond donors (Lipinski definition) is 2. The molecule has 9 heteroatoms. The fourth-order valence-electron chi connectivity index (χ4n) is 2.06. The van der Waals surface area contributed by atoms with Crippen molar-refractivity contribution in [1.82, 2.24) is 10.3 Å². The van der Waals surface area contributed by atoms with Crippen LogP contribution in [0.3, 0.4) is 0 Å². The van der Waals surface area contributed by atoms with Crippen molar-refractivity contribution in [2.75, 3.05) is 26.1 Å². The van der Waals surface area contributed by atoms with Crippen LogP contribution in [0.1, 0.15) is 22.5 Å². The highest BCUT2D eigenvalue weighted by Gasteiger charge is 2.13. The van der Waals surface area contributed by atoms with Crippen molar-refractivity contribution in [2.45, 2.75) is 12.8 Å². The van der Waals surface area contributed by atoms with Crippen LogP contribution in [-0.4, -0.2) is 43.5 Å². The molecule has 0 saturated heterocycles. The lowest BCUT2D eigenvalue weighted by Crippen LogP contribution is -2.28. The molecule has 138 valence electrons. The summed E-state index contributed by atoms with van der Waals surface area (Å²) in [5.74, 6) is -0.531. The number of para-hydroxylation sites is 1. The van der Waals surface area contributed by atoms with Gasteiger partial charge >= 0.3 is 5.97 Å². The summed E-state index contributed by atoms with van der Waals surface area (Å²) in [6.07, 6.45) is 0.143. The molecule has 1 heterocycles. The summed E-state index contributed by atoms with van der Waals surface area (Å²) >= 11 is 1.22. The summed E-state index contributed by atoms with van der Waals surface area (Å²) in [7, 11) is 2.79. The summed E-state index contributed by atoms with van der Waals surface area (Å²) in [6.45, 7) is 0.170. The van der Waals surface area contributed by atoms with Crippen LogP contribution >= 0.6 is 11.3 Å². The molecule has 2 N–H and O–H groups in total. The first-order valence-electron chi connectivity index (χ1n) is 7.75. The number of anilines is 1. The number of nitrogens with one attached hydrogen (secondary N) is 2. The molecule has 2 amide bonds. The molecule has 0 aliphatic carbocycles. The van der Waals surface area contributed by atoms with Crippen LogP contribution in [0.4, 0.5) is 5.13 Å². The molecule has 0 aliphatic rings. The second kappa shape index (κ2) is 9.52. The van der Waals surface area contributed by atoms with E-state index in [2.05, 4.69) is 20.4 Å². The van der Waals surface area contributed by atoms with E-state index in [1.165, 1.54) is 25.6 Å². The lowest BCUT2D eigenvalue weighted by atomic mass is 10.2. The van der Waals surface area contributed by atoms with Crippen molar-refractivity contribution in [3.63, 3.8) is 0 Å². The Bertz CT molecular complexity index is 790. The Morgan fingerprint density at radius 1 is 1.19 bits per heavy atom. The van der Waals surface area contributed by atoms with E-state index in [-0.39, 0.29) is 31.2 Å². The molecular weight excluding hydrogens is 358 g/mol. The second-order valence-corrected chi connectivity index (χ2v) is 6.01. The Kier molecular flexibility index (Phi) is 7.10. The van der Waals surface area contributed by atoms with Crippen LogP contribution in [-0.2, 0) is 20.7 Å². The van der Waals surface area contributed by atoms with E-state index in [9.17, 15) is 14.4 Å². The second-order valence-electron chi connectivity index (χ2n) is 5.15. The molecule has 2 rings (SSSR count). The SMILES string of the molecule is COC(=O)Cc1csc(NC(=O)CCNC(=O)c2ccccc2OC)n1. The highest BCUT2D eigenvalue weighted by Crippen LogP contribution is 2.17. The number of nitrogens with zero attached hydrogens (tertiary/aromatic N) is 1. The van der Waals surface area contributed by atoms with Crippen molar-refractivity contribution in [3.8, 4) is 5.75 Å². The van der Waals surface area contributed by atoms with Gasteiger partial charge in [0.1, 0.15) is 5.75 Å². The number of carbonyl (C=O) groups is 3. The minimum atomic E-state index is -0.396. The molecule has 0 saturated carbocycles. The van der Waals surface area contributed by atoms with Crippen molar-refractivity contribution in [3.05, 3.63) is 40.9 Å². The molecule has 0 radical (unpaired) electrons. The number of benzene rings is 1. The monoisotopic (exact) mass is 377 g/mol. The molecule has 0 bridgehead atoms. The van der Waals surface area contributed by atoms with E-state index in [1.54, 1.807) is 29.6 Å². The van der Waals surface area contributed by atoms with E-state index < -0.39 is 5.97 Å². The normalized spacial score (nSPS) is 10.1. The van der Waals surface area contributed by atoms with Gasteiger partial charge in [-0.3, -0.25) is 14.4 Å². The molecule has 1 aromatic heterocycles. The van der Waals surface area contributed by atoms with Gasteiger partial charge in [0.2, 0.25) is 5.91 Å². The number of aromatic nitrogens is 1. The van der Waals surface area contributed by atoms with Gasteiger partial charge in [-0.25, -0.2) is 4.98 Å². The van der Waals surface area contributed by atoms with E-state index in [4.69, 9.17) is 4.74 Å². The average molecular weight is 377 g/mol. The van der Waals surface area contributed by atoms with Gasteiger partial charge in [-0.05, 0) is 12.1 Å². The molecule has 0 unspecified atom stereocenters. The Morgan fingerprint density at radius 2 is 1.96 bits per heavy atom. The number of methoxy groups -OCH3 is 2. The number of esters is 1. The zero-order valence-electron chi connectivity index (χ0n) is 14.4.